The van der Waals surface area contributed by atoms with Crippen LogP contribution in [0.4, 0.5) is 4.39 Å². The molecule has 0 saturated heterocycles. The maximum Gasteiger partial charge on any atom is 0.320 e. The van der Waals surface area contributed by atoms with Crippen molar-refractivity contribution < 1.29 is 19.0 Å². The van der Waals surface area contributed by atoms with E-state index in [1.165, 1.54) is 13.2 Å². The second kappa shape index (κ2) is 6.35. The molecule has 0 aliphatic heterocycles. The van der Waals surface area contributed by atoms with E-state index < -0.39 is 17.8 Å². The number of carboxylic acid groups (broad SMARTS) is 1. The van der Waals surface area contributed by atoms with Crippen molar-refractivity contribution in [2.24, 2.45) is 5.92 Å². The van der Waals surface area contributed by atoms with Crippen molar-refractivity contribution >= 4 is 5.97 Å². The van der Waals surface area contributed by atoms with Gasteiger partial charge in [-0.3, -0.25) is 10.1 Å². The molecule has 0 bridgehead atoms. The van der Waals surface area contributed by atoms with E-state index in [1.54, 1.807) is 26.0 Å². The molecular weight excluding hydrogens is 237 g/mol. The van der Waals surface area contributed by atoms with Crippen LogP contribution in [0.5, 0.6) is 5.75 Å². The monoisotopic (exact) mass is 255 g/mol. The summed E-state index contributed by atoms with van der Waals surface area (Å²) in [5.41, 5.74) is 0.390. The zero-order valence-electron chi connectivity index (χ0n) is 10.7. The molecule has 1 aromatic carbocycles. The van der Waals surface area contributed by atoms with E-state index in [-0.39, 0.29) is 18.2 Å². The lowest BCUT2D eigenvalue weighted by Crippen LogP contribution is -2.40. The summed E-state index contributed by atoms with van der Waals surface area (Å²) < 4.78 is 18.7. The van der Waals surface area contributed by atoms with E-state index in [0.29, 0.717) is 5.56 Å². The number of carboxylic acids is 1. The lowest BCUT2D eigenvalue weighted by atomic mass is 10.0. The maximum atomic E-state index is 13.8. The Labute approximate surface area is 106 Å². The molecule has 18 heavy (non-hydrogen) atoms. The minimum Gasteiger partial charge on any atom is -0.494 e. The summed E-state index contributed by atoms with van der Waals surface area (Å²) in [6.45, 7) is 3.75. The highest BCUT2D eigenvalue weighted by Gasteiger charge is 2.21. The van der Waals surface area contributed by atoms with Gasteiger partial charge in [0.2, 0.25) is 0 Å². The fourth-order valence-electron chi connectivity index (χ4n) is 1.68. The fourth-order valence-corrected chi connectivity index (χ4v) is 1.68. The normalized spacial score (nSPS) is 12.5. The smallest absolute Gasteiger partial charge is 0.320 e. The zero-order valence-corrected chi connectivity index (χ0v) is 10.7. The molecule has 1 rings (SSSR count). The molecule has 0 aliphatic carbocycles. The minimum atomic E-state index is -0.937. The lowest BCUT2D eigenvalue weighted by Gasteiger charge is -2.18. The Balaban J connectivity index is 2.76. The van der Waals surface area contributed by atoms with E-state index in [9.17, 15) is 9.18 Å². The first-order valence-corrected chi connectivity index (χ1v) is 5.75. The molecule has 0 spiro atoms. The molecular formula is C13H18FNO3. The van der Waals surface area contributed by atoms with Gasteiger partial charge in [0.25, 0.3) is 0 Å². The Bertz CT molecular complexity index is 421. The fraction of sp³-hybridized carbons (Fsp3) is 0.462. The third-order valence-electron chi connectivity index (χ3n) is 2.71. The second-order valence-electron chi connectivity index (χ2n) is 4.37. The van der Waals surface area contributed by atoms with Crippen molar-refractivity contribution in [1.82, 2.24) is 5.32 Å². The molecule has 0 radical (unpaired) electrons. The van der Waals surface area contributed by atoms with Gasteiger partial charge in [0.05, 0.1) is 7.11 Å². The number of benzene rings is 1. The molecule has 1 unspecified atom stereocenters. The molecule has 0 aliphatic rings. The second-order valence-corrected chi connectivity index (χ2v) is 4.37. The molecule has 5 heteroatoms. The summed E-state index contributed by atoms with van der Waals surface area (Å²) in [5, 5.41) is 11.8. The molecule has 0 aromatic heterocycles. The van der Waals surface area contributed by atoms with Crippen molar-refractivity contribution in [1.29, 1.82) is 0 Å². The Morgan fingerprint density at radius 2 is 2.17 bits per heavy atom. The molecule has 2 N–H and O–H groups in total. The molecule has 1 aromatic rings. The van der Waals surface area contributed by atoms with Crippen molar-refractivity contribution in [3.8, 4) is 5.75 Å². The topological polar surface area (TPSA) is 58.6 Å². The molecule has 0 amide bonds. The summed E-state index contributed by atoms with van der Waals surface area (Å²) in [5.74, 6) is -1.31. The van der Waals surface area contributed by atoms with E-state index in [4.69, 9.17) is 9.84 Å². The van der Waals surface area contributed by atoms with Crippen molar-refractivity contribution in [2.45, 2.75) is 26.4 Å². The Morgan fingerprint density at radius 1 is 1.50 bits per heavy atom. The largest absolute Gasteiger partial charge is 0.494 e. The summed E-state index contributed by atoms with van der Waals surface area (Å²) in [7, 11) is 1.39. The molecule has 0 saturated carbocycles. The summed E-state index contributed by atoms with van der Waals surface area (Å²) >= 11 is 0. The van der Waals surface area contributed by atoms with Crippen LogP contribution in [0.1, 0.15) is 19.4 Å². The third-order valence-corrected chi connectivity index (χ3v) is 2.71. The average molecular weight is 255 g/mol. The number of nitrogens with one attached hydrogen (secondary N) is 1. The lowest BCUT2D eigenvalue weighted by molar-refractivity contribution is -0.140. The maximum absolute atomic E-state index is 13.8. The first kappa shape index (κ1) is 14.4. The van der Waals surface area contributed by atoms with Gasteiger partial charge in [-0.05, 0) is 12.0 Å². The molecule has 1 atom stereocenters. The predicted molar refractivity (Wildman–Crippen MR) is 66.1 cm³/mol. The average Bonchev–Trinajstić information content (AvgIpc) is 2.30. The minimum absolute atomic E-state index is 0.0730. The number of halogens is 1. The van der Waals surface area contributed by atoms with Crippen LogP contribution in [-0.2, 0) is 11.3 Å². The van der Waals surface area contributed by atoms with E-state index >= 15 is 0 Å². The van der Waals surface area contributed by atoms with Crippen LogP contribution < -0.4 is 10.1 Å². The van der Waals surface area contributed by atoms with Crippen molar-refractivity contribution in [3.63, 3.8) is 0 Å². The van der Waals surface area contributed by atoms with Crippen LogP contribution in [0, 0.1) is 11.7 Å². The highest BCUT2D eigenvalue weighted by molar-refractivity contribution is 5.73. The molecule has 100 valence electrons. The number of hydrogen-bond acceptors (Lipinski definition) is 3. The van der Waals surface area contributed by atoms with Crippen LogP contribution in [0.2, 0.25) is 0 Å². The predicted octanol–water partition coefficient (Wildman–Crippen LogP) is 2.03. The van der Waals surface area contributed by atoms with Crippen LogP contribution in [-0.4, -0.2) is 24.2 Å². The highest BCUT2D eigenvalue weighted by atomic mass is 19.1. The van der Waals surface area contributed by atoms with Crippen molar-refractivity contribution in [2.75, 3.05) is 7.11 Å². The Hall–Kier alpha value is -1.62. The van der Waals surface area contributed by atoms with Crippen LogP contribution in [0.25, 0.3) is 0 Å². The number of ether oxygens (including phenoxy) is 1. The van der Waals surface area contributed by atoms with Gasteiger partial charge in [0.15, 0.2) is 11.6 Å². The molecule has 0 heterocycles. The Morgan fingerprint density at radius 3 is 2.67 bits per heavy atom. The van der Waals surface area contributed by atoms with Crippen LogP contribution in [0.15, 0.2) is 18.2 Å². The Kier molecular flexibility index (Phi) is 5.09. The van der Waals surface area contributed by atoms with Gasteiger partial charge in [-0.15, -0.1) is 0 Å². The SMILES string of the molecule is COc1cccc(CNC(C(=O)O)C(C)C)c1F. The number of hydrogen-bond donors (Lipinski definition) is 2. The quantitative estimate of drug-likeness (QED) is 0.816. The van der Waals surface area contributed by atoms with Gasteiger partial charge in [0, 0.05) is 12.1 Å². The first-order valence-electron chi connectivity index (χ1n) is 5.75. The first-order chi connectivity index (χ1) is 8.47. The van der Waals surface area contributed by atoms with E-state index in [2.05, 4.69) is 5.32 Å². The number of carbonyl (C=O) groups is 1. The number of methoxy groups -OCH3 is 1. The number of rotatable bonds is 6. The summed E-state index contributed by atoms with van der Waals surface area (Å²) in [4.78, 5) is 11.0. The van der Waals surface area contributed by atoms with E-state index in [0.717, 1.165) is 0 Å². The van der Waals surface area contributed by atoms with Gasteiger partial charge in [0.1, 0.15) is 6.04 Å². The third kappa shape index (κ3) is 3.43. The van der Waals surface area contributed by atoms with Gasteiger partial charge >= 0.3 is 5.97 Å². The van der Waals surface area contributed by atoms with Gasteiger partial charge in [-0.2, -0.15) is 0 Å². The summed E-state index contributed by atoms with van der Waals surface area (Å²) in [6.07, 6.45) is 0. The number of aliphatic carboxylic acids is 1. The summed E-state index contributed by atoms with van der Waals surface area (Å²) in [6, 6.07) is 4.10. The van der Waals surface area contributed by atoms with E-state index in [1.807, 2.05) is 0 Å². The standard InChI is InChI=1S/C13H18FNO3/c1-8(2)12(13(16)17)15-7-9-5-4-6-10(18-3)11(9)14/h4-6,8,12,15H,7H2,1-3H3,(H,16,17). The van der Waals surface area contributed by atoms with Crippen LogP contribution in [0.3, 0.4) is 0 Å². The van der Waals surface area contributed by atoms with Gasteiger partial charge in [-0.1, -0.05) is 26.0 Å². The highest BCUT2D eigenvalue weighted by Crippen LogP contribution is 2.20. The zero-order chi connectivity index (χ0) is 13.7. The van der Waals surface area contributed by atoms with Crippen LogP contribution >= 0.6 is 0 Å². The molecule has 4 nitrogen and oxygen atoms in total. The van der Waals surface area contributed by atoms with Gasteiger partial charge < -0.3 is 9.84 Å². The van der Waals surface area contributed by atoms with Crippen molar-refractivity contribution in [3.05, 3.63) is 29.6 Å². The van der Waals surface area contributed by atoms with Gasteiger partial charge in [-0.25, -0.2) is 4.39 Å². The molecule has 0 fully saturated rings.